The Hall–Kier alpha value is -3.26. The lowest BCUT2D eigenvalue weighted by atomic mass is 10.0. The van der Waals surface area contributed by atoms with Crippen LogP contribution in [-0.2, 0) is 21.8 Å². The van der Waals surface area contributed by atoms with Crippen molar-refractivity contribution >= 4 is 11.6 Å². The summed E-state index contributed by atoms with van der Waals surface area (Å²) in [5.74, 6) is -0.310. The molecule has 1 aliphatic heterocycles. The summed E-state index contributed by atoms with van der Waals surface area (Å²) in [6.45, 7) is 5.02. The summed E-state index contributed by atoms with van der Waals surface area (Å²) in [4.78, 5) is 8.29. The van der Waals surface area contributed by atoms with Gasteiger partial charge in [0, 0.05) is 22.5 Å². The molecule has 0 N–H and O–H groups in total. The second-order valence-corrected chi connectivity index (χ2v) is 8.81. The zero-order chi connectivity index (χ0) is 23.5. The molecule has 0 bridgehead atoms. The van der Waals surface area contributed by atoms with E-state index in [0.29, 0.717) is 24.8 Å². The summed E-state index contributed by atoms with van der Waals surface area (Å²) in [5.41, 5.74) is 5.04. The number of benzene rings is 2. The van der Waals surface area contributed by atoms with E-state index in [0.717, 1.165) is 33.7 Å². The zero-order valence-electron chi connectivity index (χ0n) is 19.0. The molecule has 4 aromatic rings. The fourth-order valence-electron chi connectivity index (χ4n) is 4.07. The van der Waals surface area contributed by atoms with Crippen LogP contribution in [0.5, 0.6) is 5.75 Å². The third-order valence-corrected chi connectivity index (χ3v) is 6.06. The van der Waals surface area contributed by atoms with Gasteiger partial charge in [0.25, 0.3) is 0 Å². The number of hydrogen-bond acceptors (Lipinski definition) is 6. The number of ether oxygens (including phenoxy) is 3. The first kappa shape index (κ1) is 22.5. The minimum Gasteiger partial charge on any atom is -0.491 e. The van der Waals surface area contributed by atoms with E-state index in [2.05, 4.69) is 21.1 Å². The Kier molecular flexibility index (Phi) is 6.32. The van der Waals surface area contributed by atoms with Gasteiger partial charge in [-0.1, -0.05) is 35.9 Å². The summed E-state index contributed by atoms with van der Waals surface area (Å²) in [7, 11) is 0. The second-order valence-electron chi connectivity index (χ2n) is 8.40. The lowest BCUT2D eigenvalue weighted by Crippen LogP contribution is -2.35. The Labute approximate surface area is 203 Å². The lowest BCUT2D eigenvalue weighted by Gasteiger charge is -2.29. The largest absolute Gasteiger partial charge is 0.491 e. The molecule has 0 saturated carbocycles. The maximum Gasteiger partial charge on any atom is 0.217 e. The number of aryl methyl sites for hydroxylation is 2. The molecule has 7 nitrogen and oxygen atoms in total. The van der Waals surface area contributed by atoms with Gasteiger partial charge >= 0.3 is 0 Å². The summed E-state index contributed by atoms with van der Waals surface area (Å²) in [6, 6.07) is 17.9. The number of hydrogen-bond donors (Lipinski definition) is 0. The monoisotopic (exact) mass is 476 g/mol. The number of pyridine rings is 1. The summed E-state index contributed by atoms with van der Waals surface area (Å²) >= 11 is 6.59. The molecular formula is C26H25ClN4O3. The second kappa shape index (κ2) is 9.54. The minimum atomic E-state index is -1.07. The van der Waals surface area contributed by atoms with Gasteiger partial charge in [0.2, 0.25) is 5.79 Å². The third-order valence-electron chi connectivity index (χ3n) is 5.75. The number of aromatic nitrogens is 4. The molecule has 0 aliphatic carbocycles. The van der Waals surface area contributed by atoms with Crippen LogP contribution in [0.3, 0.4) is 0 Å². The molecule has 2 aromatic heterocycles. The van der Waals surface area contributed by atoms with E-state index in [1.165, 1.54) is 6.33 Å². The van der Waals surface area contributed by atoms with Gasteiger partial charge in [-0.25, -0.2) is 9.67 Å². The van der Waals surface area contributed by atoms with Gasteiger partial charge in [0.1, 0.15) is 37.7 Å². The first-order chi connectivity index (χ1) is 16.5. The Bertz CT molecular complexity index is 1260. The van der Waals surface area contributed by atoms with Crippen LogP contribution in [0.4, 0.5) is 0 Å². The molecule has 1 aliphatic rings. The van der Waals surface area contributed by atoms with Crippen molar-refractivity contribution in [3.8, 4) is 16.9 Å². The lowest BCUT2D eigenvalue weighted by molar-refractivity contribution is -0.190. The van der Waals surface area contributed by atoms with E-state index in [1.54, 1.807) is 11.0 Å². The van der Waals surface area contributed by atoms with E-state index in [4.69, 9.17) is 25.8 Å². The molecule has 2 aromatic carbocycles. The highest BCUT2D eigenvalue weighted by Gasteiger charge is 2.45. The van der Waals surface area contributed by atoms with Gasteiger partial charge in [-0.05, 0) is 60.9 Å². The number of rotatable bonds is 7. The van der Waals surface area contributed by atoms with Crippen molar-refractivity contribution in [1.82, 2.24) is 19.7 Å². The molecule has 0 amide bonds. The van der Waals surface area contributed by atoms with Gasteiger partial charge in [0.05, 0.1) is 6.61 Å². The molecule has 2 atom stereocenters. The zero-order valence-corrected chi connectivity index (χ0v) is 19.8. The minimum absolute atomic E-state index is 0.275. The Morgan fingerprint density at radius 2 is 1.94 bits per heavy atom. The highest BCUT2D eigenvalue weighted by molar-refractivity contribution is 6.31. The van der Waals surface area contributed by atoms with Crippen molar-refractivity contribution < 1.29 is 14.2 Å². The molecule has 1 fully saturated rings. The van der Waals surface area contributed by atoms with Crippen LogP contribution in [0, 0.1) is 13.8 Å². The molecule has 0 radical (unpaired) electrons. The molecule has 34 heavy (non-hydrogen) atoms. The highest BCUT2D eigenvalue weighted by atomic mass is 35.5. The van der Waals surface area contributed by atoms with E-state index < -0.39 is 5.79 Å². The molecule has 2 unspecified atom stereocenters. The molecule has 3 heterocycles. The molecular weight excluding hydrogens is 452 g/mol. The van der Waals surface area contributed by atoms with Crippen molar-refractivity contribution in [2.45, 2.75) is 32.3 Å². The standard InChI is InChI=1S/C26H25ClN4O3/c1-18-3-8-24(25(27)11-18)26(15-31-17-28-16-30-31)33-14-23(34-26)13-32-22-6-4-20(5-7-22)21-9-10-29-19(2)12-21/h3-12,16-17,23H,13-15H2,1-2H3. The summed E-state index contributed by atoms with van der Waals surface area (Å²) < 4.78 is 20.4. The van der Waals surface area contributed by atoms with Crippen molar-refractivity contribution in [2.75, 3.05) is 13.2 Å². The fraction of sp³-hybridized carbons (Fsp3) is 0.269. The Morgan fingerprint density at radius 3 is 2.68 bits per heavy atom. The maximum absolute atomic E-state index is 6.59. The Balaban J connectivity index is 1.29. The fourth-order valence-corrected chi connectivity index (χ4v) is 4.45. The first-order valence-corrected chi connectivity index (χ1v) is 11.5. The first-order valence-electron chi connectivity index (χ1n) is 11.1. The van der Waals surface area contributed by atoms with E-state index >= 15 is 0 Å². The Morgan fingerprint density at radius 1 is 1.09 bits per heavy atom. The molecule has 174 valence electrons. The smallest absolute Gasteiger partial charge is 0.217 e. The van der Waals surface area contributed by atoms with Crippen molar-refractivity contribution in [2.24, 2.45) is 0 Å². The highest BCUT2D eigenvalue weighted by Crippen LogP contribution is 2.40. The van der Waals surface area contributed by atoms with Gasteiger partial charge in [0.15, 0.2) is 0 Å². The average molecular weight is 477 g/mol. The van der Waals surface area contributed by atoms with Crippen molar-refractivity contribution in [3.63, 3.8) is 0 Å². The van der Waals surface area contributed by atoms with E-state index in [-0.39, 0.29) is 6.10 Å². The van der Waals surface area contributed by atoms with Crippen molar-refractivity contribution in [3.05, 3.63) is 95.3 Å². The summed E-state index contributed by atoms with van der Waals surface area (Å²) in [5, 5.41) is 4.81. The predicted molar refractivity (Wildman–Crippen MR) is 129 cm³/mol. The van der Waals surface area contributed by atoms with E-state index in [9.17, 15) is 0 Å². The van der Waals surface area contributed by atoms with Crippen molar-refractivity contribution in [1.29, 1.82) is 0 Å². The van der Waals surface area contributed by atoms with Gasteiger partial charge in [-0.2, -0.15) is 5.10 Å². The number of nitrogens with zero attached hydrogens (tertiary/aromatic N) is 4. The maximum atomic E-state index is 6.59. The summed E-state index contributed by atoms with van der Waals surface area (Å²) in [6.07, 6.45) is 4.66. The normalized spacial score (nSPS) is 19.9. The van der Waals surface area contributed by atoms with Gasteiger partial charge in [-0.15, -0.1) is 0 Å². The van der Waals surface area contributed by atoms with Crippen LogP contribution < -0.4 is 4.74 Å². The number of halogens is 1. The van der Waals surface area contributed by atoms with Crippen LogP contribution in [0.2, 0.25) is 5.02 Å². The van der Waals surface area contributed by atoms with Crippen LogP contribution in [-0.4, -0.2) is 39.1 Å². The molecule has 8 heteroatoms. The topological polar surface area (TPSA) is 71.3 Å². The van der Waals surface area contributed by atoms with Gasteiger partial charge in [-0.3, -0.25) is 4.98 Å². The third kappa shape index (κ3) is 4.82. The molecule has 0 spiro atoms. The van der Waals surface area contributed by atoms with Crippen LogP contribution in [0.1, 0.15) is 16.8 Å². The average Bonchev–Trinajstić information content (AvgIpc) is 3.49. The van der Waals surface area contributed by atoms with Crippen LogP contribution >= 0.6 is 11.6 Å². The molecule has 1 saturated heterocycles. The molecule has 5 rings (SSSR count). The quantitative estimate of drug-likeness (QED) is 0.375. The van der Waals surface area contributed by atoms with E-state index in [1.807, 2.05) is 68.6 Å². The van der Waals surface area contributed by atoms with Crippen LogP contribution in [0.15, 0.2) is 73.4 Å². The SMILES string of the molecule is Cc1ccc(C2(Cn3cncn3)OCC(COc3ccc(-c4ccnc(C)c4)cc3)O2)c(Cl)c1. The van der Waals surface area contributed by atoms with Gasteiger partial charge < -0.3 is 14.2 Å². The predicted octanol–water partition coefficient (Wildman–Crippen LogP) is 4.96. The van der Waals surface area contributed by atoms with Crippen LogP contribution in [0.25, 0.3) is 11.1 Å².